The van der Waals surface area contributed by atoms with Gasteiger partial charge in [-0.05, 0) is 62.0 Å². The van der Waals surface area contributed by atoms with E-state index in [1.807, 2.05) is 36.4 Å². The third kappa shape index (κ3) is 16.5. The predicted molar refractivity (Wildman–Crippen MR) is 200 cm³/mol. The number of unbranched alkanes of at least 4 members (excludes halogenated alkanes) is 12. The third-order valence-electron chi connectivity index (χ3n) is 9.63. The van der Waals surface area contributed by atoms with E-state index in [-0.39, 0.29) is 31.1 Å². The maximum Gasteiger partial charge on any atom is 0.243 e. The quantitative estimate of drug-likeness (QED) is 0.0440. The van der Waals surface area contributed by atoms with E-state index in [1.165, 1.54) is 77.0 Å². The van der Waals surface area contributed by atoms with Gasteiger partial charge >= 0.3 is 0 Å². The number of nitrogens with zero attached hydrogens (tertiary/aromatic N) is 1. The molecular formula is C41H65N3O6. The molecule has 50 heavy (non-hydrogen) atoms. The summed E-state index contributed by atoms with van der Waals surface area (Å²) in [6.07, 6.45) is 18.1. The number of carbonyl (C=O) groups is 2. The average Bonchev–Trinajstić information content (AvgIpc) is 3.14. The van der Waals surface area contributed by atoms with Gasteiger partial charge in [0.05, 0.1) is 18.8 Å². The smallest absolute Gasteiger partial charge is 0.243 e. The first kappa shape index (κ1) is 41.6. The molecule has 1 aliphatic heterocycles. The van der Waals surface area contributed by atoms with Crippen molar-refractivity contribution in [1.82, 2.24) is 10.4 Å². The highest BCUT2D eigenvalue weighted by atomic mass is 16.7. The monoisotopic (exact) mass is 695 g/mol. The zero-order valence-corrected chi connectivity index (χ0v) is 30.9. The summed E-state index contributed by atoms with van der Waals surface area (Å²) in [5.41, 5.74) is 5.22. The van der Waals surface area contributed by atoms with Crippen LogP contribution >= 0.6 is 0 Å². The highest BCUT2D eigenvalue weighted by Gasteiger charge is 2.33. The number of benzene rings is 2. The van der Waals surface area contributed by atoms with Gasteiger partial charge in [-0.2, -0.15) is 0 Å². The number of ether oxygens (including phenoxy) is 2. The van der Waals surface area contributed by atoms with Gasteiger partial charge in [-0.3, -0.25) is 14.8 Å². The fourth-order valence-electron chi connectivity index (χ4n) is 6.60. The minimum atomic E-state index is -0.540. The van der Waals surface area contributed by atoms with Crippen LogP contribution in [0.25, 0.3) is 0 Å². The zero-order chi connectivity index (χ0) is 35.8. The van der Waals surface area contributed by atoms with Gasteiger partial charge in [0.1, 0.15) is 0 Å². The summed E-state index contributed by atoms with van der Waals surface area (Å²) in [6, 6.07) is 15.8. The molecule has 2 aromatic carbocycles. The van der Waals surface area contributed by atoms with Crippen molar-refractivity contribution in [3.05, 3.63) is 65.2 Å². The average molecular weight is 696 g/mol. The first-order chi connectivity index (χ1) is 24.4. The molecule has 1 fully saturated rings. The molecule has 0 radical (unpaired) electrons. The van der Waals surface area contributed by atoms with Crippen molar-refractivity contribution in [2.45, 2.75) is 155 Å². The number of rotatable bonds is 26. The largest absolute Gasteiger partial charge is 0.392 e. The second-order valence-corrected chi connectivity index (χ2v) is 14.0. The minimum Gasteiger partial charge on any atom is -0.392 e. The van der Waals surface area contributed by atoms with Crippen LogP contribution in [0.4, 0.5) is 5.69 Å². The molecule has 0 bridgehead atoms. The van der Waals surface area contributed by atoms with Crippen molar-refractivity contribution in [2.24, 2.45) is 0 Å². The molecule has 0 unspecified atom stereocenters. The van der Waals surface area contributed by atoms with Crippen molar-refractivity contribution in [1.29, 1.82) is 0 Å². The van der Waals surface area contributed by atoms with Crippen LogP contribution in [0.5, 0.6) is 0 Å². The molecule has 1 heterocycles. The Bertz CT molecular complexity index is 1180. The predicted octanol–water partition coefficient (Wildman–Crippen LogP) is 9.14. The summed E-state index contributed by atoms with van der Waals surface area (Å²) in [7, 11) is 0. The summed E-state index contributed by atoms with van der Waals surface area (Å²) in [4.78, 5) is 26.3. The minimum absolute atomic E-state index is 0.000663. The lowest BCUT2D eigenvalue weighted by Gasteiger charge is -2.38. The van der Waals surface area contributed by atoms with Gasteiger partial charge in [0.2, 0.25) is 11.8 Å². The van der Waals surface area contributed by atoms with Gasteiger partial charge in [-0.15, -0.1) is 0 Å². The van der Waals surface area contributed by atoms with Crippen LogP contribution in [0, 0.1) is 0 Å². The fourth-order valence-corrected chi connectivity index (χ4v) is 6.60. The van der Waals surface area contributed by atoms with Gasteiger partial charge in [-0.25, -0.2) is 5.48 Å². The number of hydroxylamine groups is 1. The molecule has 3 atom stereocenters. The molecule has 280 valence electrons. The standard InChI is InChI=1S/C41H65N3O6/c1-3-5-7-9-11-16-28-44(29-17-12-10-8-6-4-2)31-37-30-38(34-22-20-33(32-45)21-23-34)50-41(49-37)35-24-26-36(27-25-35)42-39(46)18-14-13-15-19-40(47)43-48/h20-27,37-38,41,45,48H,3-19,28-32H2,1-2H3,(H,42,46)(H,43,47)/t37-,38+,41+/m0/s1. The molecule has 1 aliphatic rings. The molecule has 9 heteroatoms. The van der Waals surface area contributed by atoms with Crippen LogP contribution in [0.15, 0.2) is 48.5 Å². The number of aliphatic hydroxyl groups excluding tert-OH is 1. The van der Waals surface area contributed by atoms with E-state index in [0.29, 0.717) is 24.9 Å². The molecule has 0 aromatic heterocycles. The van der Waals surface area contributed by atoms with E-state index in [9.17, 15) is 14.7 Å². The summed E-state index contributed by atoms with van der Waals surface area (Å²) < 4.78 is 13.3. The maximum absolute atomic E-state index is 12.5. The number of aliphatic hydroxyl groups is 1. The van der Waals surface area contributed by atoms with E-state index in [0.717, 1.165) is 49.2 Å². The van der Waals surface area contributed by atoms with Gasteiger partial charge in [0, 0.05) is 37.1 Å². The Labute approximate surface area is 301 Å². The molecule has 3 rings (SSSR count). The summed E-state index contributed by atoms with van der Waals surface area (Å²) >= 11 is 0. The molecule has 0 aliphatic carbocycles. The van der Waals surface area contributed by atoms with E-state index in [1.54, 1.807) is 5.48 Å². The SMILES string of the molecule is CCCCCCCCN(CCCCCCCC)C[C@@H]1C[C@H](c2ccc(CO)cc2)O[C@H](c2ccc(NC(=O)CCCCCC(=O)NO)cc2)O1. The summed E-state index contributed by atoms with van der Waals surface area (Å²) in [5.74, 6) is -0.479. The highest BCUT2D eigenvalue weighted by Crippen LogP contribution is 2.38. The van der Waals surface area contributed by atoms with Crippen LogP contribution in [0.1, 0.15) is 159 Å². The van der Waals surface area contributed by atoms with Gasteiger partial charge in [0.15, 0.2) is 6.29 Å². The number of carbonyl (C=O) groups excluding carboxylic acids is 2. The molecule has 2 aromatic rings. The van der Waals surface area contributed by atoms with Crippen LogP contribution in [0.2, 0.25) is 0 Å². The van der Waals surface area contributed by atoms with E-state index >= 15 is 0 Å². The first-order valence-electron chi connectivity index (χ1n) is 19.5. The molecule has 0 spiro atoms. The summed E-state index contributed by atoms with van der Waals surface area (Å²) in [6.45, 7) is 7.59. The van der Waals surface area contributed by atoms with E-state index in [4.69, 9.17) is 14.7 Å². The highest BCUT2D eigenvalue weighted by molar-refractivity contribution is 5.90. The Morgan fingerprint density at radius 3 is 1.82 bits per heavy atom. The van der Waals surface area contributed by atoms with Crippen molar-refractivity contribution < 1.29 is 29.4 Å². The normalized spacial score (nSPS) is 17.6. The van der Waals surface area contributed by atoms with Crippen LogP contribution in [-0.2, 0) is 25.7 Å². The zero-order valence-electron chi connectivity index (χ0n) is 30.9. The second kappa shape index (κ2) is 25.2. The van der Waals surface area contributed by atoms with E-state index in [2.05, 4.69) is 36.2 Å². The van der Waals surface area contributed by atoms with Crippen LogP contribution in [0.3, 0.4) is 0 Å². The maximum atomic E-state index is 12.5. The van der Waals surface area contributed by atoms with E-state index < -0.39 is 12.2 Å². The fraction of sp³-hybridized carbons (Fsp3) is 0.659. The second-order valence-electron chi connectivity index (χ2n) is 14.0. The van der Waals surface area contributed by atoms with Gasteiger partial charge in [-0.1, -0.05) is 121 Å². The Balaban J connectivity index is 1.65. The van der Waals surface area contributed by atoms with Crippen molar-refractivity contribution >= 4 is 17.5 Å². The third-order valence-corrected chi connectivity index (χ3v) is 9.63. The molecular weight excluding hydrogens is 630 g/mol. The van der Waals surface area contributed by atoms with Gasteiger partial charge < -0.3 is 24.8 Å². The molecule has 9 nitrogen and oxygen atoms in total. The lowest BCUT2D eigenvalue weighted by molar-refractivity contribution is -0.253. The van der Waals surface area contributed by atoms with Crippen molar-refractivity contribution in [3.63, 3.8) is 0 Å². The van der Waals surface area contributed by atoms with Crippen molar-refractivity contribution in [2.75, 3.05) is 25.0 Å². The Kier molecular flexibility index (Phi) is 21.0. The van der Waals surface area contributed by atoms with Crippen molar-refractivity contribution in [3.8, 4) is 0 Å². The van der Waals surface area contributed by atoms with Crippen LogP contribution in [-0.4, -0.2) is 52.8 Å². The van der Waals surface area contributed by atoms with Gasteiger partial charge in [0.25, 0.3) is 0 Å². The Morgan fingerprint density at radius 2 is 1.24 bits per heavy atom. The number of hydrogen-bond acceptors (Lipinski definition) is 7. The lowest BCUT2D eigenvalue weighted by atomic mass is 9.99. The molecule has 2 amide bonds. The first-order valence-corrected chi connectivity index (χ1v) is 19.5. The number of nitrogens with one attached hydrogen (secondary N) is 2. The summed E-state index contributed by atoms with van der Waals surface area (Å²) in [5, 5.41) is 21.2. The molecule has 1 saturated heterocycles. The number of hydrogen-bond donors (Lipinski definition) is 4. The molecule has 4 N–H and O–H groups in total. The topological polar surface area (TPSA) is 120 Å². The number of anilines is 1. The Morgan fingerprint density at radius 1 is 0.700 bits per heavy atom. The van der Waals surface area contributed by atoms with Crippen LogP contribution < -0.4 is 10.8 Å². The molecule has 0 saturated carbocycles. The number of amides is 2. The lowest BCUT2D eigenvalue weighted by Crippen LogP contribution is -2.40. The Hall–Kier alpha value is -2.82.